The molecule has 0 saturated carbocycles. The van der Waals surface area contributed by atoms with Crippen LogP contribution in [0.15, 0.2) is 48.8 Å². The highest BCUT2D eigenvalue weighted by Gasteiger charge is 2.19. The van der Waals surface area contributed by atoms with Crippen molar-refractivity contribution in [3.63, 3.8) is 0 Å². The lowest BCUT2D eigenvalue weighted by Crippen LogP contribution is -2.11. The number of hydrogen-bond donors (Lipinski definition) is 0. The monoisotopic (exact) mass is 414 g/mol. The summed E-state index contributed by atoms with van der Waals surface area (Å²) in [5.74, 6) is 0.794. The minimum atomic E-state index is -0.267. The fourth-order valence-electron chi connectivity index (χ4n) is 2.63. The molecule has 0 aliphatic rings. The standard InChI is InChI=1S/C18H14Cl4N2O/c1-25-17(13-4-2-11(19)8-14(13)21)10-18-23-6-7-24(18)16-5-3-12(20)9-15(16)22/h2-9,17H,10H2,1H3. The van der Waals surface area contributed by atoms with Crippen LogP contribution in [0.2, 0.25) is 20.1 Å². The Kier molecular flexibility index (Phi) is 5.92. The average Bonchev–Trinajstić information content (AvgIpc) is 3.01. The van der Waals surface area contributed by atoms with Crippen LogP contribution in [0, 0.1) is 0 Å². The van der Waals surface area contributed by atoms with Gasteiger partial charge in [0.25, 0.3) is 0 Å². The number of benzene rings is 2. The van der Waals surface area contributed by atoms with Crippen LogP contribution in [0.1, 0.15) is 17.5 Å². The Labute approximate surface area is 166 Å². The first-order chi connectivity index (χ1) is 12.0. The van der Waals surface area contributed by atoms with Gasteiger partial charge in [-0.15, -0.1) is 0 Å². The van der Waals surface area contributed by atoms with Crippen molar-refractivity contribution in [2.24, 2.45) is 0 Å². The molecule has 0 aliphatic carbocycles. The largest absolute Gasteiger partial charge is 0.376 e. The molecule has 0 saturated heterocycles. The highest BCUT2D eigenvalue weighted by atomic mass is 35.5. The zero-order valence-corrected chi connectivity index (χ0v) is 16.2. The van der Waals surface area contributed by atoms with E-state index in [1.807, 2.05) is 22.9 Å². The number of rotatable bonds is 5. The Morgan fingerprint density at radius 3 is 2.32 bits per heavy atom. The number of imidazole rings is 1. The lowest BCUT2D eigenvalue weighted by molar-refractivity contribution is 0.102. The maximum atomic E-state index is 6.32. The molecule has 1 unspecified atom stereocenters. The maximum absolute atomic E-state index is 6.32. The Morgan fingerprint density at radius 2 is 1.68 bits per heavy atom. The van der Waals surface area contributed by atoms with Crippen molar-refractivity contribution in [1.29, 1.82) is 0 Å². The van der Waals surface area contributed by atoms with Gasteiger partial charge in [0.1, 0.15) is 5.82 Å². The molecule has 1 aromatic heterocycles. The van der Waals surface area contributed by atoms with Gasteiger partial charge in [-0.1, -0.05) is 52.5 Å². The smallest absolute Gasteiger partial charge is 0.116 e. The third kappa shape index (κ3) is 4.13. The van der Waals surface area contributed by atoms with Crippen molar-refractivity contribution in [3.8, 4) is 5.69 Å². The summed E-state index contributed by atoms with van der Waals surface area (Å²) in [6, 6.07) is 10.7. The van der Waals surface area contributed by atoms with Gasteiger partial charge in [0.05, 0.1) is 16.8 Å². The van der Waals surface area contributed by atoms with Crippen LogP contribution in [-0.2, 0) is 11.2 Å². The number of nitrogens with zero attached hydrogens (tertiary/aromatic N) is 2. The summed E-state index contributed by atoms with van der Waals surface area (Å²) in [5, 5.41) is 2.27. The van der Waals surface area contributed by atoms with Gasteiger partial charge in [-0.05, 0) is 35.9 Å². The van der Waals surface area contributed by atoms with Gasteiger partial charge in [-0.25, -0.2) is 4.98 Å². The lowest BCUT2D eigenvalue weighted by Gasteiger charge is -2.18. The first-order valence-corrected chi connectivity index (χ1v) is 8.96. The fourth-order valence-corrected chi connectivity index (χ4v) is 3.66. The van der Waals surface area contributed by atoms with Gasteiger partial charge in [-0.2, -0.15) is 0 Å². The summed E-state index contributed by atoms with van der Waals surface area (Å²) in [7, 11) is 1.64. The number of halogens is 4. The lowest BCUT2D eigenvalue weighted by atomic mass is 10.1. The van der Waals surface area contributed by atoms with E-state index in [-0.39, 0.29) is 6.10 Å². The average molecular weight is 416 g/mol. The van der Waals surface area contributed by atoms with Gasteiger partial charge < -0.3 is 9.30 Å². The van der Waals surface area contributed by atoms with Crippen molar-refractivity contribution in [3.05, 3.63) is 80.3 Å². The second-order valence-electron chi connectivity index (χ2n) is 5.40. The van der Waals surface area contributed by atoms with E-state index in [9.17, 15) is 0 Å². The van der Waals surface area contributed by atoms with E-state index >= 15 is 0 Å². The third-order valence-electron chi connectivity index (χ3n) is 3.85. The molecule has 0 aliphatic heterocycles. The molecule has 7 heteroatoms. The van der Waals surface area contributed by atoms with Gasteiger partial charge in [-0.3, -0.25) is 0 Å². The van der Waals surface area contributed by atoms with Crippen LogP contribution in [0.5, 0.6) is 0 Å². The van der Waals surface area contributed by atoms with Crippen molar-refractivity contribution in [2.45, 2.75) is 12.5 Å². The van der Waals surface area contributed by atoms with Gasteiger partial charge in [0, 0.05) is 41.0 Å². The highest BCUT2D eigenvalue weighted by molar-refractivity contribution is 6.36. The second kappa shape index (κ2) is 7.98. The Balaban J connectivity index is 1.94. The topological polar surface area (TPSA) is 27.1 Å². The molecule has 0 amide bonds. The Hall–Kier alpha value is -1.23. The molecule has 1 heterocycles. The van der Waals surface area contributed by atoms with Gasteiger partial charge in [0.2, 0.25) is 0 Å². The van der Waals surface area contributed by atoms with Crippen LogP contribution in [0.4, 0.5) is 0 Å². The van der Waals surface area contributed by atoms with E-state index in [0.717, 1.165) is 17.1 Å². The molecule has 2 aromatic carbocycles. The number of aromatic nitrogens is 2. The summed E-state index contributed by atoms with van der Waals surface area (Å²) in [5.41, 5.74) is 1.65. The predicted octanol–water partition coefficient (Wildman–Crippen LogP) is 6.42. The molecule has 1 atom stereocenters. The zero-order valence-electron chi connectivity index (χ0n) is 13.2. The molecule has 25 heavy (non-hydrogen) atoms. The van der Waals surface area contributed by atoms with E-state index in [2.05, 4.69) is 4.98 Å². The Morgan fingerprint density at radius 1 is 1.00 bits per heavy atom. The van der Waals surface area contributed by atoms with E-state index in [0.29, 0.717) is 26.5 Å². The zero-order chi connectivity index (χ0) is 18.0. The molecule has 0 spiro atoms. The molecule has 0 fully saturated rings. The first-order valence-electron chi connectivity index (χ1n) is 7.45. The van der Waals surface area contributed by atoms with E-state index in [1.165, 1.54) is 0 Å². The first kappa shape index (κ1) is 18.6. The predicted molar refractivity (Wildman–Crippen MR) is 104 cm³/mol. The van der Waals surface area contributed by atoms with Crippen LogP contribution in [0.25, 0.3) is 5.69 Å². The third-order valence-corrected chi connectivity index (χ3v) is 4.95. The summed E-state index contributed by atoms with van der Waals surface area (Å²) in [4.78, 5) is 4.44. The summed E-state index contributed by atoms with van der Waals surface area (Å²) in [6.45, 7) is 0. The molecule has 0 radical (unpaired) electrons. The van der Waals surface area contributed by atoms with Gasteiger partial charge >= 0.3 is 0 Å². The molecule has 0 N–H and O–H groups in total. The summed E-state index contributed by atoms with van der Waals surface area (Å²) in [6.07, 6.45) is 3.82. The number of hydrogen-bond acceptors (Lipinski definition) is 2. The van der Waals surface area contributed by atoms with E-state index in [4.69, 9.17) is 51.1 Å². The maximum Gasteiger partial charge on any atom is 0.116 e. The molecule has 3 aromatic rings. The summed E-state index contributed by atoms with van der Waals surface area (Å²) >= 11 is 24.6. The van der Waals surface area contributed by atoms with Gasteiger partial charge in [0.15, 0.2) is 0 Å². The number of ether oxygens (including phenoxy) is 1. The van der Waals surface area contributed by atoms with Crippen molar-refractivity contribution < 1.29 is 4.74 Å². The summed E-state index contributed by atoms with van der Waals surface area (Å²) < 4.78 is 7.55. The van der Waals surface area contributed by atoms with Crippen LogP contribution in [0.3, 0.4) is 0 Å². The van der Waals surface area contributed by atoms with Crippen molar-refractivity contribution >= 4 is 46.4 Å². The quantitative estimate of drug-likeness (QED) is 0.480. The molecular weight excluding hydrogens is 402 g/mol. The Bertz CT molecular complexity index is 895. The van der Waals surface area contributed by atoms with Crippen molar-refractivity contribution in [1.82, 2.24) is 9.55 Å². The van der Waals surface area contributed by atoms with Crippen molar-refractivity contribution in [2.75, 3.05) is 7.11 Å². The SMILES string of the molecule is COC(Cc1nccn1-c1ccc(Cl)cc1Cl)c1ccc(Cl)cc1Cl. The molecular formula is C18H14Cl4N2O. The molecule has 3 nitrogen and oxygen atoms in total. The fraction of sp³-hybridized carbons (Fsp3) is 0.167. The molecule has 130 valence electrons. The van der Waals surface area contributed by atoms with Crippen LogP contribution < -0.4 is 0 Å². The van der Waals surface area contributed by atoms with Crippen LogP contribution in [-0.4, -0.2) is 16.7 Å². The highest BCUT2D eigenvalue weighted by Crippen LogP contribution is 2.31. The van der Waals surface area contributed by atoms with E-state index < -0.39 is 0 Å². The normalized spacial score (nSPS) is 12.4. The minimum Gasteiger partial charge on any atom is -0.376 e. The molecule has 3 rings (SSSR count). The van der Waals surface area contributed by atoms with Crippen LogP contribution >= 0.6 is 46.4 Å². The van der Waals surface area contributed by atoms with E-state index in [1.54, 1.807) is 37.6 Å². The molecule has 0 bridgehead atoms. The minimum absolute atomic E-state index is 0.267. The number of methoxy groups -OCH3 is 1. The second-order valence-corrected chi connectivity index (χ2v) is 7.09.